The van der Waals surface area contributed by atoms with E-state index in [1.807, 2.05) is 20.8 Å². The van der Waals surface area contributed by atoms with Gasteiger partial charge < -0.3 is 10.8 Å². The van der Waals surface area contributed by atoms with E-state index in [1.54, 1.807) is 28.6 Å². The molecule has 16 heavy (non-hydrogen) atoms. The highest BCUT2D eigenvalue weighted by molar-refractivity contribution is 8.00. The van der Waals surface area contributed by atoms with Crippen LogP contribution in [-0.2, 0) is 10.5 Å². The highest BCUT2D eigenvalue weighted by Crippen LogP contribution is 2.32. The van der Waals surface area contributed by atoms with E-state index >= 15 is 0 Å². The molecule has 90 valence electrons. The summed E-state index contributed by atoms with van der Waals surface area (Å²) in [5, 5.41) is 8.88. The van der Waals surface area contributed by atoms with Gasteiger partial charge in [-0.05, 0) is 20.8 Å². The zero-order valence-electron chi connectivity index (χ0n) is 9.56. The van der Waals surface area contributed by atoms with Crippen LogP contribution in [0.25, 0.3) is 0 Å². The Morgan fingerprint density at radius 3 is 2.81 bits per heavy atom. The minimum Gasteiger partial charge on any atom is -0.480 e. The lowest BCUT2D eigenvalue weighted by molar-refractivity contribution is -0.139. The van der Waals surface area contributed by atoms with Gasteiger partial charge in [0.1, 0.15) is 6.04 Å². The van der Waals surface area contributed by atoms with Crippen molar-refractivity contribution in [2.75, 3.05) is 0 Å². The number of aryl methyl sites for hydroxylation is 1. The number of carboxylic acid groups (broad SMARTS) is 1. The van der Waals surface area contributed by atoms with Crippen LogP contribution >= 0.6 is 23.1 Å². The van der Waals surface area contributed by atoms with Gasteiger partial charge in [-0.1, -0.05) is 0 Å². The molecular formula is C10H16N2O2S2. The van der Waals surface area contributed by atoms with Crippen LogP contribution in [-0.4, -0.2) is 26.8 Å². The van der Waals surface area contributed by atoms with E-state index in [0.717, 1.165) is 11.4 Å². The third-order valence-electron chi connectivity index (χ3n) is 2.44. The fourth-order valence-corrected chi connectivity index (χ4v) is 3.11. The third-order valence-corrected chi connectivity index (χ3v) is 4.98. The van der Waals surface area contributed by atoms with Crippen LogP contribution in [0.5, 0.6) is 0 Å². The molecular weight excluding hydrogens is 244 g/mol. The van der Waals surface area contributed by atoms with Crippen molar-refractivity contribution in [1.82, 2.24) is 4.98 Å². The van der Waals surface area contributed by atoms with E-state index in [4.69, 9.17) is 10.8 Å². The molecule has 1 atom stereocenters. The van der Waals surface area contributed by atoms with E-state index in [1.165, 1.54) is 4.88 Å². The maximum atomic E-state index is 10.8. The summed E-state index contributed by atoms with van der Waals surface area (Å²) in [7, 11) is 0. The molecule has 0 spiro atoms. The normalized spacial score (nSPS) is 13.8. The number of carbonyl (C=O) groups is 1. The van der Waals surface area contributed by atoms with Gasteiger partial charge in [-0.2, -0.15) is 0 Å². The van der Waals surface area contributed by atoms with Crippen LogP contribution in [0.4, 0.5) is 0 Å². The predicted octanol–water partition coefficient (Wildman–Crippen LogP) is 1.88. The number of nitrogens with zero attached hydrogens (tertiary/aromatic N) is 1. The van der Waals surface area contributed by atoms with Crippen molar-refractivity contribution in [1.29, 1.82) is 0 Å². The number of aromatic nitrogens is 1. The average molecular weight is 260 g/mol. The number of hydrogen-bond acceptors (Lipinski definition) is 5. The second kappa shape index (κ2) is 5.16. The fourth-order valence-electron chi connectivity index (χ4n) is 1.10. The largest absolute Gasteiger partial charge is 0.480 e. The minimum absolute atomic E-state index is 0.484. The van der Waals surface area contributed by atoms with Crippen molar-refractivity contribution in [2.45, 2.75) is 37.3 Å². The molecule has 1 heterocycles. The van der Waals surface area contributed by atoms with Crippen LogP contribution in [0.1, 0.15) is 24.4 Å². The van der Waals surface area contributed by atoms with Crippen molar-refractivity contribution >= 4 is 29.1 Å². The molecule has 0 amide bonds. The summed E-state index contributed by atoms with van der Waals surface area (Å²) >= 11 is 3.14. The molecule has 0 aliphatic heterocycles. The molecule has 1 aromatic rings. The van der Waals surface area contributed by atoms with Crippen LogP contribution in [0.3, 0.4) is 0 Å². The Balaban J connectivity index is 2.61. The fraction of sp³-hybridized carbons (Fsp3) is 0.600. The van der Waals surface area contributed by atoms with Crippen molar-refractivity contribution in [3.8, 4) is 0 Å². The van der Waals surface area contributed by atoms with Crippen molar-refractivity contribution in [2.24, 2.45) is 5.73 Å². The van der Waals surface area contributed by atoms with Gasteiger partial charge in [0, 0.05) is 15.4 Å². The highest BCUT2D eigenvalue weighted by Gasteiger charge is 2.32. The van der Waals surface area contributed by atoms with Gasteiger partial charge in [0.25, 0.3) is 0 Å². The SMILES string of the molecule is Cc1ncsc1CSC(C)(C)C(N)C(=O)O. The third kappa shape index (κ3) is 3.20. The molecule has 0 saturated heterocycles. The Bertz CT molecular complexity index is 377. The molecule has 0 bridgehead atoms. The quantitative estimate of drug-likeness (QED) is 0.845. The summed E-state index contributed by atoms with van der Waals surface area (Å²) in [4.78, 5) is 16.2. The van der Waals surface area contributed by atoms with E-state index in [-0.39, 0.29) is 0 Å². The summed E-state index contributed by atoms with van der Waals surface area (Å²) in [5.74, 6) is -0.205. The van der Waals surface area contributed by atoms with Crippen molar-refractivity contribution < 1.29 is 9.90 Å². The van der Waals surface area contributed by atoms with Crippen LogP contribution in [0.2, 0.25) is 0 Å². The Morgan fingerprint density at radius 2 is 2.38 bits per heavy atom. The summed E-state index contributed by atoms with van der Waals surface area (Å²) in [5.41, 5.74) is 8.45. The lowest BCUT2D eigenvalue weighted by Crippen LogP contribution is -2.46. The molecule has 1 unspecified atom stereocenters. The van der Waals surface area contributed by atoms with Gasteiger partial charge in [0.15, 0.2) is 0 Å². The Kier molecular flexibility index (Phi) is 4.35. The first-order valence-corrected chi connectivity index (χ1v) is 6.72. The molecule has 4 nitrogen and oxygen atoms in total. The zero-order chi connectivity index (χ0) is 12.3. The molecule has 1 aromatic heterocycles. The molecule has 1 rings (SSSR count). The predicted molar refractivity (Wildman–Crippen MR) is 67.8 cm³/mol. The lowest BCUT2D eigenvalue weighted by atomic mass is 10.1. The summed E-state index contributed by atoms with van der Waals surface area (Å²) in [6.07, 6.45) is 0. The standard InChI is InChI=1S/C10H16N2O2S2/c1-6-7(15-5-12-6)4-16-10(2,3)8(11)9(13)14/h5,8H,4,11H2,1-3H3,(H,13,14). The number of thioether (sulfide) groups is 1. The van der Waals surface area contributed by atoms with Gasteiger partial charge in [0.05, 0.1) is 11.2 Å². The minimum atomic E-state index is -0.960. The number of carboxylic acids is 1. The number of rotatable bonds is 5. The summed E-state index contributed by atoms with van der Waals surface area (Å²) in [6.45, 7) is 5.66. The second-order valence-electron chi connectivity index (χ2n) is 4.07. The van der Waals surface area contributed by atoms with Gasteiger partial charge in [-0.15, -0.1) is 23.1 Å². The van der Waals surface area contributed by atoms with E-state index in [9.17, 15) is 4.79 Å². The molecule has 0 aliphatic carbocycles. The molecule has 0 aliphatic rings. The molecule has 0 aromatic carbocycles. The lowest BCUT2D eigenvalue weighted by Gasteiger charge is -2.27. The molecule has 6 heteroatoms. The number of thiazole rings is 1. The smallest absolute Gasteiger partial charge is 0.321 e. The van der Waals surface area contributed by atoms with Crippen LogP contribution in [0, 0.1) is 6.92 Å². The number of hydrogen-bond donors (Lipinski definition) is 2. The van der Waals surface area contributed by atoms with E-state index in [0.29, 0.717) is 0 Å². The maximum absolute atomic E-state index is 10.8. The van der Waals surface area contributed by atoms with Crippen molar-refractivity contribution in [3.63, 3.8) is 0 Å². The molecule has 0 fully saturated rings. The zero-order valence-corrected chi connectivity index (χ0v) is 11.2. The van der Waals surface area contributed by atoms with E-state index in [2.05, 4.69) is 4.98 Å². The summed E-state index contributed by atoms with van der Waals surface area (Å²) < 4.78 is -0.484. The van der Waals surface area contributed by atoms with Crippen LogP contribution < -0.4 is 5.73 Å². The Hall–Kier alpha value is -0.590. The van der Waals surface area contributed by atoms with Gasteiger partial charge in [0.2, 0.25) is 0 Å². The number of aliphatic carboxylic acids is 1. The van der Waals surface area contributed by atoms with E-state index < -0.39 is 16.8 Å². The highest BCUT2D eigenvalue weighted by atomic mass is 32.2. The maximum Gasteiger partial charge on any atom is 0.321 e. The first-order chi connectivity index (χ1) is 7.34. The second-order valence-corrected chi connectivity index (χ2v) is 6.64. The first kappa shape index (κ1) is 13.5. The Labute approximate surface area is 103 Å². The number of nitrogens with two attached hydrogens (primary N) is 1. The molecule has 0 radical (unpaired) electrons. The molecule has 3 N–H and O–H groups in total. The Morgan fingerprint density at radius 1 is 1.75 bits per heavy atom. The van der Waals surface area contributed by atoms with Crippen molar-refractivity contribution in [3.05, 3.63) is 16.1 Å². The monoisotopic (exact) mass is 260 g/mol. The first-order valence-electron chi connectivity index (χ1n) is 4.86. The molecule has 0 saturated carbocycles. The van der Waals surface area contributed by atoms with Crippen LogP contribution in [0.15, 0.2) is 5.51 Å². The topological polar surface area (TPSA) is 76.2 Å². The van der Waals surface area contributed by atoms with Gasteiger partial charge in [-0.25, -0.2) is 4.98 Å². The average Bonchev–Trinajstić information content (AvgIpc) is 2.60. The summed E-state index contributed by atoms with van der Waals surface area (Å²) in [6, 6.07) is -0.856. The van der Waals surface area contributed by atoms with Gasteiger partial charge in [-0.3, -0.25) is 4.79 Å². The van der Waals surface area contributed by atoms with Gasteiger partial charge >= 0.3 is 5.97 Å².